The number of rotatable bonds is 6. The lowest BCUT2D eigenvalue weighted by molar-refractivity contribution is 0.649. The molecule has 2 aliphatic heterocycles. The molecule has 30 heavy (non-hydrogen) atoms. The van der Waals surface area contributed by atoms with Crippen LogP contribution in [-0.2, 0) is 6.54 Å². The maximum Gasteiger partial charge on any atom is 0.191 e. The molecule has 6 heteroatoms. The second kappa shape index (κ2) is 11.2. The number of benzene rings is 2. The van der Waals surface area contributed by atoms with Crippen molar-refractivity contribution in [3.63, 3.8) is 0 Å². The molecule has 5 nitrogen and oxygen atoms in total. The number of anilines is 2. The molecule has 0 radical (unpaired) electrons. The minimum Gasteiger partial charge on any atom is -0.369 e. The van der Waals surface area contributed by atoms with Gasteiger partial charge in [-0.2, -0.15) is 0 Å². The van der Waals surface area contributed by atoms with Crippen molar-refractivity contribution in [2.24, 2.45) is 4.99 Å². The van der Waals surface area contributed by atoms with Gasteiger partial charge in [0.1, 0.15) is 0 Å². The molecule has 1 saturated heterocycles. The van der Waals surface area contributed by atoms with E-state index in [0.717, 1.165) is 45.1 Å². The van der Waals surface area contributed by atoms with Gasteiger partial charge in [-0.05, 0) is 43.2 Å². The molecule has 1 atom stereocenters. The number of hydrogen-bond acceptors (Lipinski definition) is 3. The van der Waals surface area contributed by atoms with Gasteiger partial charge in [-0.25, -0.2) is 4.99 Å². The highest BCUT2D eigenvalue weighted by atomic mass is 127. The standard InChI is InChI=1S/C24H31N5.HI/c1-2-25-24(27-21-14-17-29(19-21)22-8-4-3-5-9-22)26-18-20-10-12-23(13-11-20)28-15-6-7-16-28;/h3-13,21H,2,14-19H2,1H3,(H2,25,26,27);1H. The molecular weight excluding hydrogens is 485 g/mol. The van der Waals surface area contributed by atoms with Gasteiger partial charge >= 0.3 is 0 Å². The summed E-state index contributed by atoms with van der Waals surface area (Å²) < 4.78 is 0. The number of para-hydroxylation sites is 1. The molecule has 0 aromatic heterocycles. The van der Waals surface area contributed by atoms with E-state index in [0.29, 0.717) is 12.6 Å². The Morgan fingerprint density at radius 2 is 1.67 bits per heavy atom. The van der Waals surface area contributed by atoms with E-state index in [2.05, 4.69) is 94.1 Å². The van der Waals surface area contributed by atoms with E-state index in [-0.39, 0.29) is 24.0 Å². The first-order chi connectivity index (χ1) is 14.3. The summed E-state index contributed by atoms with van der Waals surface area (Å²) in [5, 5.41) is 7.02. The summed E-state index contributed by atoms with van der Waals surface area (Å²) in [6.07, 6.45) is 5.56. The Morgan fingerprint density at radius 1 is 0.967 bits per heavy atom. The van der Waals surface area contributed by atoms with E-state index < -0.39 is 0 Å². The fourth-order valence-corrected chi connectivity index (χ4v) is 3.94. The van der Waals surface area contributed by atoms with Crippen LogP contribution in [0.5, 0.6) is 0 Å². The maximum absolute atomic E-state index is 4.82. The minimum absolute atomic E-state index is 0. The van der Waals surface area contributed by atoms with Crippen LogP contribution in [-0.4, -0.2) is 44.7 Å². The molecule has 0 saturated carbocycles. The first-order valence-corrected chi connectivity index (χ1v) is 10.7. The topological polar surface area (TPSA) is 42.9 Å². The third-order valence-electron chi connectivity index (χ3n) is 5.53. The molecule has 0 aliphatic carbocycles. The summed E-state index contributed by atoms with van der Waals surface area (Å²) in [4.78, 5) is 9.62. The lowest BCUT2D eigenvalue weighted by Crippen LogP contribution is -2.44. The highest BCUT2D eigenvalue weighted by Crippen LogP contribution is 2.20. The molecule has 1 fully saturated rings. The summed E-state index contributed by atoms with van der Waals surface area (Å²) in [5.74, 6) is 0.903. The average Bonchev–Trinajstić information content (AvgIpc) is 3.46. The number of guanidine groups is 1. The summed E-state index contributed by atoms with van der Waals surface area (Å²) in [6, 6.07) is 19.8. The normalized spacial score (nSPS) is 18.4. The zero-order valence-electron chi connectivity index (χ0n) is 17.6. The monoisotopic (exact) mass is 517 g/mol. The van der Waals surface area contributed by atoms with Crippen LogP contribution in [0.3, 0.4) is 0 Å². The Labute approximate surface area is 197 Å². The Kier molecular flexibility index (Phi) is 8.42. The summed E-state index contributed by atoms with van der Waals surface area (Å²) >= 11 is 0. The lowest BCUT2D eigenvalue weighted by atomic mass is 10.2. The van der Waals surface area contributed by atoms with Crippen molar-refractivity contribution in [3.05, 3.63) is 72.3 Å². The summed E-state index contributed by atoms with van der Waals surface area (Å²) in [6.45, 7) is 7.76. The molecule has 4 rings (SSSR count). The van der Waals surface area contributed by atoms with E-state index in [1.54, 1.807) is 0 Å². The van der Waals surface area contributed by atoms with E-state index in [4.69, 9.17) is 4.99 Å². The molecule has 0 spiro atoms. The van der Waals surface area contributed by atoms with Gasteiger partial charge in [0.05, 0.1) is 6.54 Å². The Balaban J connectivity index is 0.00000256. The van der Waals surface area contributed by atoms with Crippen molar-refractivity contribution < 1.29 is 0 Å². The van der Waals surface area contributed by atoms with Crippen LogP contribution in [0.25, 0.3) is 0 Å². The summed E-state index contributed by atoms with van der Waals surface area (Å²) in [5.41, 5.74) is 3.81. The Hall–Kier alpha value is -2.22. The van der Waals surface area contributed by atoms with Crippen molar-refractivity contribution in [2.45, 2.75) is 25.9 Å². The van der Waals surface area contributed by atoms with E-state index in [1.165, 1.54) is 16.9 Å². The van der Waals surface area contributed by atoms with E-state index in [9.17, 15) is 0 Å². The predicted molar refractivity (Wildman–Crippen MR) is 138 cm³/mol. The highest BCUT2D eigenvalue weighted by Gasteiger charge is 2.23. The average molecular weight is 517 g/mol. The highest BCUT2D eigenvalue weighted by molar-refractivity contribution is 14.0. The van der Waals surface area contributed by atoms with Crippen LogP contribution < -0.4 is 20.4 Å². The Morgan fingerprint density at radius 3 is 2.37 bits per heavy atom. The molecule has 0 amide bonds. The van der Waals surface area contributed by atoms with Gasteiger partial charge in [0, 0.05) is 50.1 Å². The van der Waals surface area contributed by atoms with Crippen molar-refractivity contribution in [1.82, 2.24) is 10.6 Å². The van der Waals surface area contributed by atoms with Gasteiger partial charge in [-0.15, -0.1) is 24.0 Å². The second-order valence-electron chi connectivity index (χ2n) is 7.65. The largest absolute Gasteiger partial charge is 0.369 e. The fraction of sp³-hybridized carbons (Fsp3) is 0.375. The van der Waals surface area contributed by atoms with Crippen LogP contribution in [0, 0.1) is 0 Å². The molecule has 2 aliphatic rings. The molecule has 2 aromatic rings. The molecule has 2 N–H and O–H groups in total. The van der Waals surface area contributed by atoms with E-state index in [1.807, 2.05) is 0 Å². The number of aliphatic imine (C=N–C) groups is 1. The van der Waals surface area contributed by atoms with Crippen LogP contribution in [0.15, 0.2) is 71.7 Å². The number of nitrogens with zero attached hydrogens (tertiary/aromatic N) is 3. The quantitative estimate of drug-likeness (QED) is 0.263. The van der Waals surface area contributed by atoms with Crippen molar-refractivity contribution in [1.29, 1.82) is 0 Å². The Bertz CT molecular complexity index is 826. The molecule has 2 heterocycles. The van der Waals surface area contributed by atoms with Gasteiger partial charge in [0.25, 0.3) is 0 Å². The van der Waals surface area contributed by atoms with Crippen LogP contribution in [0.4, 0.5) is 11.4 Å². The predicted octanol–water partition coefficient (Wildman–Crippen LogP) is 4.01. The molecular formula is C24H32IN5. The van der Waals surface area contributed by atoms with Crippen molar-refractivity contribution in [2.75, 3.05) is 42.5 Å². The fourth-order valence-electron chi connectivity index (χ4n) is 3.94. The zero-order chi connectivity index (χ0) is 19.9. The molecule has 0 bridgehead atoms. The van der Waals surface area contributed by atoms with E-state index >= 15 is 0 Å². The number of nitrogens with one attached hydrogen (secondary N) is 2. The first kappa shape index (κ1) is 22.5. The molecule has 1 unspecified atom stereocenters. The van der Waals surface area contributed by atoms with Crippen molar-refractivity contribution >= 4 is 41.3 Å². The van der Waals surface area contributed by atoms with Gasteiger partial charge < -0.3 is 20.4 Å². The maximum atomic E-state index is 4.82. The van der Waals surface area contributed by atoms with Crippen LogP contribution >= 0.6 is 24.0 Å². The minimum atomic E-state index is 0. The third-order valence-corrected chi connectivity index (χ3v) is 5.53. The summed E-state index contributed by atoms with van der Waals surface area (Å²) in [7, 11) is 0. The van der Waals surface area contributed by atoms with Crippen LogP contribution in [0.1, 0.15) is 18.9 Å². The lowest BCUT2D eigenvalue weighted by Gasteiger charge is -2.20. The molecule has 160 valence electrons. The molecule has 2 aromatic carbocycles. The van der Waals surface area contributed by atoms with Gasteiger partial charge in [-0.3, -0.25) is 0 Å². The van der Waals surface area contributed by atoms with Crippen molar-refractivity contribution in [3.8, 4) is 0 Å². The second-order valence-corrected chi connectivity index (χ2v) is 7.65. The number of hydrogen-bond donors (Lipinski definition) is 2. The SMILES string of the molecule is CCNC(=NCc1ccc(N2CC=CC2)cc1)NC1CCN(c2ccccc2)C1.I. The smallest absolute Gasteiger partial charge is 0.191 e. The zero-order valence-corrected chi connectivity index (χ0v) is 20.0. The van der Waals surface area contributed by atoms with Gasteiger partial charge in [0.2, 0.25) is 0 Å². The number of halogens is 1. The van der Waals surface area contributed by atoms with Gasteiger partial charge in [0.15, 0.2) is 5.96 Å². The van der Waals surface area contributed by atoms with Gasteiger partial charge in [-0.1, -0.05) is 42.5 Å². The third kappa shape index (κ3) is 5.90. The van der Waals surface area contributed by atoms with Crippen LogP contribution in [0.2, 0.25) is 0 Å². The first-order valence-electron chi connectivity index (χ1n) is 10.7.